The second-order valence-corrected chi connectivity index (χ2v) is 10.7. The van der Waals surface area contributed by atoms with Crippen molar-refractivity contribution in [3.8, 4) is 0 Å². The van der Waals surface area contributed by atoms with Crippen molar-refractivity contribution in [3.05, 3.63) is 141 Å². The maximum absolute atomic E-state index is 13.4. The molecule has 0 aliphatic carbocycles. The topological polar surface area (TPSA) is 120 Å². The Morgan fingerprint density at radius 3 is 1.19 bits per heavy atom. The summed E-state index contributed by atoms with van der Waals surface area (Å²) in [6.07, 6.45) is 4.65. The Kier molecular flexibility index (Phi) is 9.81. The van der Waals surface area contributed by atoms with Crippen LogP contribution in [0.1, 0.15) is 100 Å². The molecule has 42 heavy (non-hydrogen) atoms. The van der Waals surface area contributed by atoms with Crippen molar-refractivity contribution in [2.45, 2.75) is 52.4 Å². The molecule has 0 fully saturated rings. The zero-order valence-corrected chi connectivity index (χ0v) is 24.1. The normalized spacial score (nSPS) is 10.8. The van der Waals surface area contributed by atoms with E-state index in [2.05, 4.69) is 0 Å². The summed E-state index contributed by atoms with van der Waals surface area (Å²) in [6, 6.07) is 25.1. The summed E-state index contributed by atoms with van der Waals surface area (Å²) in [5.41, 5.74) is 17.2. The van der Waals surface area contributed by atoms with Crippen molar-refractivity contribution >= 4 is 23.4 Å². The van der Waals surface area contributed by atoms with Crippen LogP contribution in [0.5, 0.6) is 0 Å². The van der Waals surface area contributed by atoms with Gasteiger partial charge in [-0.05, 0) is 62.8 Å². The highest BCUT2D eigenvalue weighted by Gasteiger charge is 2.22. The summed E-state index contributed by atoms with van der Waals surface area (Å²) >= 11 is 0. The SMILES string of the molecule is Cc1ccc(C(=O)c2c(CCCCCCc3cccc(C(N)=O)c3C(=O)c3ccc(C)cc3)cccc2C(N)=O)cc1. The van der Waals surface area contributed by atoms with Gasteiger partial charge in [0, 0.05) is 22.3 Å². The number of hydrogen-bond donors (Lipinski definition) is 2. The molecule has 0 bridgehead atoms. The second-order valence-electron chi connectivity index (χ2n) is 10.7. The van der Waals surface area contributed by atoms with Crippen LogP contribution in [-0.4, -0.2) is 23.4 Å². The number of nitrogens with two attached hydrogens (primary N) is 2. The fraction of sp³-hybridized carbons (Fsp3) is 0.222. The first-order valence-corrected chi connectivity index (χ1v) is 14.2. The maximum atomic E-state index is 13.4. The standard InChI is InChI=1S/C36H36N2O4/c1-23-15-19-27(20-16-23)33(39)31-25(11-7-13-29(31)35(37)41)9-5-3-4-6-10-26-12-8-14-30(36(38)42)32(26)34(40)28-21-17-24(2)18-22-28/h7-8,11-22H,3-6,9-10H2,1-2H3,(H2,37,41)(H2,38,42). The third-order valence-electron chi connectivity index (χ3n) is 7.56. The highest BCUT2D eigenvalue weighted by molar-refractivity contribution is 6.16. The molecule has 0 unspecified atom stereocenters. The molecule has 4 aromatic carbocycles. The molecular formula is C36H36N2O4. The van der Waals surface area contributed by atoms with E-state index in [0.717, 1.165) is 47.9 Å². The minimum atomic E-state index is -0.624. The van der Waals surface area contributed by atoms with E-state index in [9.17, 15) is 19.2 Å². The van der Waals surface area contributed by atoms with Crippen LogP contribution < -0.4 is 11.5 Å². The molecule has 0 aliphatic heterocycles. The number of amides is 2. The Balaban J connectivity index is 1.43. The lowest BCUT2D eigenvalue weighted by molar-refractivity contribution is 0.0979. The minimum absolute atomic E-state index is 0.209. The number of unbranched alkanes of at least 4 members (excludes halogenated alkanes) is 3. The van der Waals surface area contributed by atoms with Crippen LogP contribution in [0.2, 0.25) is 0 Å². The van der Waals surface area contributed by atoms with Crippen LogP contribution in [0.3, 0.4) is 0 Å². The molecule has 6 heteroatoms. The van der Waals surface area contributed by atoms with Gasteiger partial charge in [-0.25, -0.2) is 0 Å². The third-order valence-corrected chi connectivity index (χ3v) is 7.56. The van der Waals surface area contributed by atoms with Crippen LogP contribution >= 0.6 is 0 Å². The van der Waals surface area contributed by atoms with Crippen molar-refractivity contribution in [1.82, 2.24) is 0 Å². The first-order chi connectivity index (χ1) is 20.2. The molecule has 0 saturated carbocycles. The number of primary amides is 2. The smallest absolute Gasteiger partial charge is 0.249 e. The van der Waals surface area contributed by atoms with Gasteiger partial charge in [-0.1, -0.05) is 96.8 Å². The highest BCUT2D eigenvalue weighted by Crippen LogP contribution is 2.24. The molecule has 0 aromatic heterocycles. The Morgan fingerprint density at radius 2 is 0.857 bits per heavy atom. The van der Waals surface area contributed by atoms with Crippen LogP contribution in [0.15, 0.2) is 84.9 Å². The van der Waals surface area contributed by atoms with E-state index in [1.54, 1.807) is 48.5 Å². The second kappa shape index (κ2) is 13.7. The number of rotatable bonds is 13. The van der Waals surface area contributed by atoms with Gasteiger partial charge >= 0.3 is 0 Å². The quantitative estimate of drug-likeness (QED) is 0.147. The first-order valence-electron chi connectivity index (χ1n) is 14.2. The van der Waals surface area contributed by atoms with Crippen LogP contribution in [0.4, 0.5) is 0 Å². The van der Waals surface area contributed by atoms with E-state index in [1.165, 1.54) is 0 Å². The van der Waals surface area contributed by atoms with Crippen LogP contribution in [0, 0.1) is 13.8 Å². The monoisotopic (exact) mass is 560 g/mol. The van der Waals surface area contributed by atoms with E-state index in [4.69, 9.17) is 11.5 Å². The van der Waals surface area contributed by atoms with Gasteiger partial charge in [0.2, 0.25) is 11.8 Å². The molecule has 0 aliphatic rings. The predicted molar refractivity (Wildman–Crippen MR) is 165 cm³/mol. The lowest BCUT2D eigenvalue weighted by atomic mass is 9.89. The summed E-state index contributed by atoms with van der Waals surface area (Å²) in [4.78, 5) is 51.2. The predicted octanol–water partition coefficient (Wildman–Crippen LogP) is 6.31. The van der Waals surface area contributed by atoms with Crippen molar-refractivity contribution < 1.29 is 19.2 Å². The van der Waals surface area contributed by atoms with Crippen molar-refractivity contribution in [2.75, 3.05) is 0 Å². The van der Waals surface area contributed by atoms with Gasteiger partial charge in [0.05, 0.1) is 11.1 Å². The Morgan fingerprint density at radius 1 is 0.500 bits per heavy atom. The van der Waals surface area contributed by atoms with E-state index < -0.39 is 11.8 Å². The number of hydrogen-bond acceptors (Lipinski definition) is 4. The molecule has 0 saturated heterocycles. The third kappa shape index (κ3) is 7.07. The van der Waals surface area contributed by atoms with Gasteiger partial charge in [-0.2, -0.15) is 0 Å². The zero-order chi connectivity index (χ0) is 30.2. The van der Waals surface area contributed by atoms with E-state index >= 15 is 0 Å². The van der Waals surface area contributed by atoms with Gasteiger partial charge in [-0.15, -0.1) is 0 Å². The molecule has 4 aromatic rings. The van der Waals surface area contributed by atoms with Crippen LogP contribution in [-0.2, 0) is 12.8 Å². The average Bonchev–Trinajstić information content (AvgIpc) is 2.98. The van der Waals surface area contributed by atoms with Crippen molar-refractivity contribution in [1.29, 1.82) is 0 Å². The molecule has 0 atom stereocenters. The first kappa shape index (κ1) is 30.1. The lowest BCUT2D eigenvalue weighted by Crippen LogP contribution is -2.19. The van der Waals surface area contributed by atoms with Gasteiger partial charge in [-0.3, -0.25) is 19.2 Å². The summed E-state index contributed by atoms with van der Waals surface area (Å²) in [6.45, 7) is 3.91. The molecule has 0 radical (unpaired) electrons. The Bertz CT molecular complexity index is 1500. The van der Waals surface area contributed by atoms with Crippen molar-refractivity contribution in [2.24, 2.45) is 11.5 Å². The molecule has 4 rings (SSSR count). The fourth-order valence-electron chi connectivity index (χ4n) is 5.25. The number of carbonyl (C=O) groups is 4. The number of carbonyl (C=O) groups excluding carboxylic acids is 4. The minimum Gasteiger partial charge on any atom is -0.366 e. The van der Waals surface area contributed by atoms with Gasteiger partial charge in [0.1, 0.15) is 0 Å². The average molecular weight is 561 g/mol. The molecule has 0 heterocycles. The molecule has 4 N–H and O–H groups in total. The molecule has 214 valence electrons. The van der Waals surface area contributed by atoms with Gasteiger partial charge in [0.25, 0.3) is 0 Å². The Labute approximate surface area is 246 Å². The largest absolute Gasteiger partial charge is 0.366 e. The van der Waals surface area contributed by atoms with Gasteiger partial charge < -0.3 is 11.5 Å². The Hall–Kier alpha value is -4.84. The lowest BCUT2D eigenvalue weighted by Gasteiger charge is -2.14. The van der Waals surface area contributed by atoms with Crippen LogP contribution in [0.25, 0.3) is 0 Å². The van der Waals surface area contributed by atoms with E-state index in [1.807, 2.05) is 50.2 Å². The zero-order valence-electron chi connectivity index (χ0n) is 24.1. The number of ketones is 2. The van der Waals surface area contributed by atoms with E-state index in [-0.39, 0.29) is 22.7 Å². The molecule has 0 spiro atoms. The maximum Gasteiger partial charge on any atom is 0.249 e. The molecule has 6 nitrogen and oxygen atoms in total. The number of benzene rings is 4. The van der Waals surface area contributed by atoms with E-state index in [0.29, 0.717) is 35.1 Å². The molecule has 2 amide bonds. The van der Waals surface area contributed by atoms with Gasteiger partial charge in [0.15, 0.2) is 11.6 Å². The summed E-state index contributed by atoms with van der Waals surface area (Å²) < 4.78 is 0. The fourth-order valence-corrected chi connectivity index (χ4v) is 5.25. The number of aryl methyl sites for hydroxylation is 4. The molecular weight excluding hydrogens is 524 g/mol. The van der Waals surface area contributed by atoms with Crippen molar-refractivity contribution in [3.63, 3.8) is 0 Å². The highest BCUT2D eigenvalue weighted by atomic mass is 16.2. The summed E-state index contributed by atoms with van der Waals surface area (Å²) in [5.74, 6) is -1.66. The summed E-state index contributed by atoms with van der Waals surface area (Å²) in [5, 5.41) is 0. The summed E-state index contributed by atoms with van der Waals surface area (Å²) in [7, 11) is 0.